The topological polar surface area (TPSA) is 69.6 Å². The molecule has 1 atom stereocenters. The fourth-order valence-electron chi connectivity index (χ4n) is 2.41. The molecule has 2 rings (SSSR count). The molecule has 0 aromatic heterocycles. The van der Waals surface area contributed by atoms with Crippen LogP contribution in [0.3, 0.4) is 0 Å². The summed E-state index contributed by atoms with van der Waals surface area (Å²) in [5, 5.41) is 12.3. The van der Waals surface area contributed by atoms with Crippen molar-refractivity contribution in [3.63, 3.8) is 0 Å². The number of nitrogens with zero attached hydrogens (tertiary/aromatic N) is 1. The molecule has 2 N–H and O–H groups in total. The van der Waals surface area contributed by atoms with E-state index in [9.17, 15) is 14.7 Å². The first-order valence-electron chi connectivity index (χ1n) is 6.47. The van der Waals surface area contributed by atoms with E-state index in [1.165, 1.54) is 6.07 Å². The number of nitrogens with one attached hydrogen (secondary N) is 1. The fraction of sp³-hybridized carbons (Fsp3) is 0.333. The van der Waals surface area contributed by atoms with Gasteiger partial charge in [0.15, 0.2) is 0 Å². The van der Waals surface area contributed by atoms with Crippen LogP contribution < -0.4 is 5.32 Å². The highest BCUT2D eigenvalue weighted by atomic mass is 16.3. The van der Waals surface area contributed by atoms with E-state index in [-0.39, 0.29) is 17.7 Å². The second kappa shape index (κ2) is 5.88. The van der Waals surface area contributed by atoms with Gasteiger partial charge in [-0.1, -0.05) is 6.58 Å². The number of carbonyl (C=O) groups is 2. The number of likely N-dealkylation sites (N-methyl/N-ethyl adjacent to an activating group) is 1. The number of aromatic hydroxyl groups is 1. The average Bonchev–Trinajstić information content (AvgIpc) is 2.38. The Morgan fingerprint density at radius 1 is 1.55 bits per heavy atom. The summed E-state index contributed by atoms with van der Waals surface area (Å²) in [5.41, 5.74) is 1.97. The molecule has 1 aliphatic rings. The lowest BCUT2D eigenvalue weighted by Gasteiger charge is -2.31. The van der Waals surface area contributed by atoms with Gasteiger partial charge in [0.05, 0.1) is 6.04 Å². The number of phenols is 1. The number of rotatable bonds is 4. The molecule has 0 spiro atoms. The van der Waals surface area contributed by atoms with Crippen LogP contribution in [0.2, 0.25) is 0 Å². The molecule has 1 unspecified atom stereocenters. The minimum absolute atomic E-state index is 0.0726. The Balaban J connectivity index is 2.13. The average molecular weight is 274 g/mol. The lowest BCUT2D eigenvalue weighted by molar-refractivity contribution is -0.126. The summed E-state index contributed by atoms with van der Waals surface area (Å²) in [6, 6.07) is 4.36. The molecule has 20 heavy (non-hydrogen) atoms. The first kappa shape index (κ1) is 14.3. The Bertz CT molecular complexity index is 554. The van der Waals surface area contributed by atoms with Crippen LogP contribution in [0.1, 0.15) is 28.8 Å². The monoisotopic (exact) mass is 274 g/mol. The Morgan fingerprint density at radius 2 is 2.30 bits per heavy atom. The van der Waals surface area contributed by atoms with Crippen molar-refractivity contribution in [3.8, 4) is 5.75 Å². The van der Waals surface area contributed by atoms with Gasteiger partial charge in [0.1, 0.15) is 12.0 Å². The molecule has 0 saturated carbocycles. The van der Waals surface area contributed by atoms with Crippen molar-refractivity contribution < 1.29 is 14.7 Å². The van der Waals surface area contributed by atoms with Crippen LogP contribution in [0.15, 0.2) is 30.5 Å². The number of amides is 1. The van der Waals surface area contributed by atoms with Crippen LogP contribution >= 0.6 is 0 Å². The van der Waals surface area contributed by atoms with Gasteiger partial charge < -0.3 is 10.4 Å². The molecule has 5 heteroatoms. The SMILES string of the molecule is C=C1CCC(N(C)Cc2cc(O)ccc2C=O)C(=O)N1. The van der Waals surface area contributed by atoms with Gasteiger partial charge in [0.25, 0.3) is 0 Å². The first-order valence-corrected chi connectivity index (χ1v) is 6.47. The number of piperidine rings is 1. The highest BCUT2D eigenvalue weighted by Crippen LogP contribution is 2.21. The number of aldehydes is 1. The summed E-state index contributed by atoms with van der Waals surface area (Å²) >= 11 is 0. The van der Waals surface area contributed by atoms with Gasteiger partial charge in [-0.2, -0.15) is 0 Å². The van der Waals surface area contributed by atoms with E-state index in [0.717, 1.165) is 18.4 Å². The maximum absolute atomic E-state index is 11.9. The summed E-state index contributed by atoms with van der Waals surface area (Å²) in [6.45, 7) is 4.18. The molecule has 1 fully saturated rings. The zero-order chi connectivity index (χ0) is 14.7. The summed E-state index contributed by atoms with van der Waals surface area (Å²) in [4.78, 5) is 24.8. The third-order valence-electron chi connectivity index (χ3n) is 3.53. The normalized spacial score (nSPS) is 19.0. The Labute approximate surface area is 117 Å². The molecular formula is C15H18N2O3. The molecule has 1 aliphatic heterocycles. The van der Waals surface area contributed by atoms with E-state index < -0.39 is 0 Å². The van der Waals surface area contributed by atoms with E-state index in [1.807, 2.05) is 11.9 Å². The third-order valence-corrected chi connectivity index (χ3v) is 3.53. The van der Waals surface area contributed by atoms with Gasteiger partial charge in [-0.25, -0.2) is 0 Å². The Hall–Kier alpha value is -2.14. The first-order chi connectivity index (χ1) is 9.51. The minimum atomic E-state index is -0.248. The van der Waals surface area contributed by atoms with Crippen LogP contribution in [0.4, 0.5) is 0 Å². The van der Waals surface area contributed by atoms with Gasteiger partial charge in [-0.3, -0.25) is 14.5 Å². The molecular weight excluding hydrogens is 256 g/mol. The predicted molar refractivity (Wildman–Crippen MR) is 75.3 cm³/mol. The van der Waals surface area contributed by atoms with Gasteiger partial charge in [0.2, 0.25) is 5.91 Å². The fourth-order valence-corrected chi connectivity index (χ4v) is 2.41. The Morgan fingerprint density at radius 3 is 2.95 bits per heavy atom. The van der Waals surface area contributed by atoms with Crippen LogP contribution in [0.5, 0.6) is 5.75 Å². The smallest absolute Gasteiger partial charge is 0.241 e. The summed E-state index contributed by atoms with van der Waals surface area (Å²) in [6.07, 6.45) is 2.21. The van der Waals surface area contributed by atoms with Crippen molar-refractivity contribution in [2.24, 2.45) is 0 Å². The van der Waals surface area contributed by atoms with Crippen molar-refractivity contribution in [2.75, 3.05) is 7.05 Å². The number of carbonyl (C=O) groups excluding carboxylic acids is 2. The van der Waals surface area contributed by atoms with Crippen LogP contribution in [0, 0.1) is 0 Å². The second-order valence-corrected chi connectivity index (χ2v) is 5.06. The predicted octanol–water partition coefficient (Wildman–Crippen LogP) is 1.43. The van der Waals surface area contributed by atoms with Crippen molar-refractivity contribution in [1.82, 2.24) is 10.2 Å². The maximum Gasteiger partial charge on any atom is 0.241 e. The zero-order valence-electron chi connectivity index (χ0n) is 11.4. The van der Waals surface area contributed by atoms with Crippen molar-refractivity contribution >= 4 is 12.2 Å². The molecule has 1 aromatic rings. The van der Waals surface area contributed by atoms with Crippen molar-refractivity contribution in [2.45, 2.75) is 25.4 Å². The van der Waals surface area contributed by atoms with Gasteiger partial charge in [0, 0.05) is 17.8 Å². The van der Waals surface area contributed by atoms with Crippen LogP contribution in [-0.4, -0.2) is 35.3 Å². The second-order valence-electron chi connectivity index (χ2n) is 5.06. The molecule has 1 amide bonds. The van der Waals surface area contributed by atoms with Gasteiger partial charge >= 0.3 is 0 Å². The molecule has 1 heterocycles. The van der Waals surface area contributed by atoms with Crippen molar-refractivity contribution in [1.29, 1.82) is 0 Å². The lowest BCUT2D eigenvalue weighted by Crippen LogP contribution is -2.47. The minimum Gasteiger partial charge on any atom is -0.508 e. The highest BCUT2D eigenvalue weighted by Gasteiger charge is 2.27. The quantitative estimate of drug-likeness (QED) is 0.815. The maximum atomic E-state index is 11.9. The molecule has 106 valence electrons. The van der Waals surface area contributed by atoms with E-state index >= 15 is 0 Å². The van der Waals surface area contributed by atoms with E-state index in [1.54, 1.807) is 12.1 Å². The number of phenolic OH excluding ortho intramolecular Hbond substituents is 1. The molecule has 5 nitrogen and oxygen atoms in total. The van der Waals surface area contributed by atoms with Crippen LogP contribution in [-0.2, 0) is 11.3 Å². The molecule has 0 bridgehead atoms. The summed E-state index contributed by atoms with van der Waals surface area (Å²) in [7, 11) is 1.83. The number of hydrogen-bond donors (Lipinski definition) is 2. The van der Waals surface area contributed by atoms with E-state index in [0.29, 0.717) is 24.1 Å². The zero-order valence-corrected chi connectivity index (χ0v) is 11.4. The Kier molecular flexibility index (Phi) is 4.20. The summed E-state index contributed by atoms with van der Waals surface area (Å²) < 4.78 is 0. The highest BCUT2D eigenvalue weighted by molar-refractivity contribution is 5.84. The van der Waals surface area contributed by atoms with E-state index in [2.05, 4.69) is 11.9 Å². The number of hydrogen-bond acceptors (Lipinski definition) is 4. The standard InChI is InChI=1S/C15H18N2O3/c1-10-3-6-14(15(20)16-10)17(2)8-12-7-13(19)5-4-11(12)9-18/h4-5,7,9,14,19H,1,3,6,8H2,2H3,(H,16,20). The molecule has 0 radical (unpaired) electrons. The van der Waals surface area contributed by atoms with Gasteiger partial charge in [-0.05, 0) is 43.7 Å². The molecule has 1 saturated heterocycles. The largest absolute Gasteiger partial charge is 0.508 e. The number of allylic oxidation sites excluding steroid dienone is 1. The number of benzene rings is 1. The van der Waals surface area contributed by atoms with Crippen LogP contribution in [0.25, 0.3) is 0 Å². The van der Waals surface area contributed by atoms with Gasteiger partial charge in [-0.15, -0.1) is 0 Å². The lowest BCUT2D eigenvalue weighted by atomic mass is 10.0. The van der Waals surface area contributed by atoms with Crippen molar-refractivity contribution in [3.05, 3.63) is 41.6 Å². The molecule has 0 aliphatic carbocycles. The third kappa shape index (κ3) is 3.05. The molecule has 1 aromatic carbocycles. The summed E-state index contributed by atoms with van der Waals surface area (Å²) in [5.74, 6) is 0.0389. The van der Waals surface area contributed by atoms with E-state index in [4.69, 9.17) is 0 Å².